The topological polar surface area (TPSA) is 65.2 Å². The highest BCUT2D eigenvalue weighted by atomic mass is 79.9. The lowest BCUT2D eigenvalue weighted by molar-refractivity contribution is -0.0000211. The summed E-state index contributed by atoms with van der Waals surface area (Å²) in [5.41, 5.74) is 6.05. The minimum Gasteiger partial charge on any atom is -1.00 e. The van der Waals surface area contributed by atoms with Gasteiger partial charge in [-0.25, -0.2) is 9.78 Å². The van der Waals surface area contributed by atoms with Crippen LogP contribution in [0.1, 0.15) is 22.3 Å². The summed E-state index contributed by atoms with van der Waals surface area (Å²) in [5, 5.41) is 0.399. The number of aryl methyl sites for hydroxylation is 1. The van der Waals surface area contributed by atoms with E-state index in [9.17, 15) is 4.79 Å². The molecule has 1 aromatic rings. The molecule has 0 aliphatic heterocycles. The van der Waals surface area contributed by atoms with E-state index >= 15 is 0 Å². The maximum Gasteiger partial charge on any atom is 0.350 e. The zero-order valence-corrected chi connectivity index (χ0v) is 9.74. The molecule has 4 nitrogen and oxygen atoms in total. The summed E-state index contributed by atoms with van der Waals surface area (Å²) < 4.78 is 4.80. The number of hydrogen-bond donors (Lipinski definition) is 1. The van der Waals surface area contributed by atoms with Crippen LogP contribution in [0.15, 0.2) is 0 Å². The second kappa shape index (κ2) is 5.18. The molecule has 0 unspecified atom stereocenters. The minimum atomic E-state index is -0.343. The number of halogens is 1. The summed E-state index contributed by atoms with van der Waals surface area (Å²) in [7, 11) is 0. The van der Waals surface area contributed by atoms with Crippen molar-refractivity contribution in [3.63, 3.8) is 0 Å². The van der Waals surface area contributed by atoms with Gasteiger partial charge >= 0.3 is 5.97 Å². The van der Waals surface area contributed by atoms with Gasteiger partial charge in [-0.3, -0.25) is 0 Å². The third-order valence-corrected chi connectivity index (χ3v) is 2.24. The van der Waals surface area contributed by atoms with Crippen LogP contribution in [0.3, 0.4) is 0 Å². The standard InChI is InChI=1S/C7H10N2O2S.BrH/c1-3-11-6(10)5-4(2)9-7(8)12-5;/h3H2,1-2H3,(H2,8,9);1H/p-1. The SMILES string of the molecule is CCOC(=O)c1sc(N)nc1C.[Br-]. The van der Waals surface area contributed by atoms with Gasteiger partial charge in [0.05, 0.1) is 12.3 Å². The summed E-state index contributed by atoms with van der Waals surface area (Å²) in [6, 6.07) is 0. The average molecular weight is 266 g/mol. The van der Waals surface area contributed by atoms with Crippen molar-refractivity contribution in [1.82, 2.24) is 4.98 Å². The van der Waals surface area contributed by atoms with Crippen molar-refractivity contribution >= 4 is 22.4 Å². The molecule has 0 bridgehead atoms. The summed E-state index contributed by atoms with van der Waals surface area (Å²) in [5.74, 6) is -0.343. The van der Waals surface area contributed by atoms with E-state index in [0.717, 1.165) is 11.3 Å². The molecule has 0 amide bonds. The van der Waals surface area contributed by atoms with E-state index in [1.54, 1.807) is 13.8 Å². The van der Waals surface area contributed by atoms with Crippen molar-refractivity contribution in [2.24, 2.45) is 0 Å². The van der Waals surface area contributed by atoms with Crippen LogP contribution in [-0.4, -0.2) is 17.6 Å². The molecule has 1 rings (SSSR count). The van der Waals surface area contributed by atoms with Gasteiger partial charge in [0.25, 0.3) is 0 Å². The molecule has 1 heterocycles. The second-order valence-electron chi connectivity index (χ2n) is 2.19. The highest BCUT2D eigenvalue weighted by molar-refractivity contribution is 7.17. The predicted molar refractivity (Wildman–Crippen MR) is 47.2 cm³/mol. The van der Waals surface area contributed by atoms with Crippen LogP contribution in [-0.2, 0) is 4.74 Å². The fourth-order valence-corrected chi connectivity index (χ4v) is 1.53. The fraction of sp³-hybridized carbons (Fsp3) is 0.429. The van der Waals surface area contributed by atoms with E-state index < -0.39 is 0 Å². The zero-order valence-electron chi connectivity index (χ0n) is 7.33. The number of carbonyl (C=O) groups is 1. The molecular formula is C7H10BrN2O2S-. The number of nitrogens with two attached hydrogens (primary N) is 1. The Morgan fingerprint density at radius 1 is 1.69 bits per heavy atom. The van der Waals surface area contributed by atoms with E-state index in [0.29, 0.717) is 22.3 Å². The van der Waals surface area contributed by atoms with Crippen LogP contribution in [0.4, 0.5) is 5.13 Å². The number of aromatic nitrogens is 1. The Kier molecular flexibility index (Phi) is 4.94. The van der Waals surface area contributed by atoms with Gasteiger partial charge in [-0.1, -0.05) is 11.3 Å². The third kappa shape index (κ3) is 2.96. The molecule has 0 saturated carbocycles. The van der Waals surface area contributed by atoms with Gasteiger partial charge in [-0.15, -0.1) is 0 Å². The lowest BCUT2D eigenvalue weighted by Crippen LogP contribution is -3.00. The molecular weight excluding hydrogens is 256 g/mol. The summed E-state index contributed by atoms with van der Waals surface area (Å²) >= 11 is 1.15. The van der Waals surface area contributed by atoms with E-state index in [1.165, 1.54) is 0 Å². The number of hydrogen-bond acceptors (Lipinski definition) is 5. The van der Waals surface area contributed by atoms with Gasteiger partial charge in [0, 0.05) is 0 Å². The quantitative estimate of drug-likeness (QED) is 0.642. The van der Waals surface area contributed by atoms with Crippen LogP contribution in [0, 0.1) is 6.92 Å². The van der Waals surface area contributed by atoms with Crippen molar-refractivity contribution in [1.29, 1.82) is 0 Å². The first-order valence-corrected chi connectivity index (χ1v) is 4.36. The molecule has 1 aromatic heterocycles. The fourth-order valence-electron chi connectivity index (χ4n) is 0.803. The van der Waals surface area contributed by atoms with Crippen molar-refractivity contribution < 1.29 is 26.5 Å². The highest BCUT2D eigenvalue weighted by Crippen LogP contribution is 2.20. The molecule has 0 aliphatic carbocycles. The Balaban J connectivity index is 0.00000144. The highest BCUT2D eigenvalue weighted by Gasteiger charge is 2.14. The van der Waals surface area contributed by atoms with Crippen LogP contribution >= 0.6 is 11.3 Å². The van der Waals surface area contributed by atoms with E-state index in [2.05, 4.69) is 4.98 Å². The monoisotopic (exact) mass is 265 g/mol. The maximum absolute atomic E-state index is 11.2. The van der Waals surface area contributed by atoms with Crippen molar-refractivity contribution in [3.05, 3.63) is 10.6 Å². The first-order valence-electron chi connectivity index (χ1n) is 3.55. The van der Waals surface area contributed by atoms with Crippen molar-refractivity contribution in [3.8, 4) is 0 Å². The van der Waals surface area contributed by atoms with Gasteiger partial charge in [-0.05, 0) is 13.8 Å². The Hall–Kier alpha value is -0.620. The molecule has 0 atom stereocenters. The molecule has 0 radical (unpaired) electrons. The van der Waals surface area contributed by atoms with Gasteiger partial charge in [0.2, 0.25) is 0 Å². The molecule has 2 N–H and O–H groups in total. The normalized spacial score (nSPS) is 9.08. The Morgan fingerprint density at radius 2 is 2.31 bits per heavy atom. The first-order chi connectivity index (χ1) is 5.65. The number of carbonyl (C=O) groups excluding carboxylic acids is 1. The smallest absolute Gasteiger partial charge is 0.350 e. The summed E-state index contributed by atoms with van der Waals surface area (Å²) in [6.07, 6.45) is 0. The first kappa shape index (κ1) is 12.4. The molecule has 13 heavy (non-hydrogen) atoms. The van der Waals surface area contributed by atoms with Crippen LogP contribution in [0.5, 0.6) is 0 Å². The van der Waals surface area contributed by atoms with E-state index in [1.807, 2.05) is 0 Å². The molecule has 0 aliphatic rings. The number of ether oxygens (including phenoxy) is 1. The Labute approximate surface area is 90.9 Å². The maximum atomic E-state index is 11.2. The average Bonchev–Trinajstić information content (AvgIpc) is 2.30. The molecule has 0 fully saturated rings. The van der Waals surface area contributed by atoms with Gasteiger partial charge in [0.15, 0.2) is 5.13 Å². The third-order valence-electron chi connectivity index (χ3n) is 1.27. The number of esters is 1. The number of nitrogens with zero attached hydrogens (tertiary/aromatic N) is 1. The lowest BCUT2D eigenvalue weighted by Gasteiger charge is -1.97. The van der Waals surface area contributed by atoms with Crippen LogP contribution < -0.4 is 22.7 Å². The van der Waals surface area contributed by atoms with Crippen molar-refractivity contribution in [2.45, 2.75) is 13.8 Å². The minimum absolute atomic E-state index is 0. The Bertz CT molecular complexity index is 301. The largest absolute Gasteiger partial charge is 1.00 e. The predicted octanol–water partition coefficient (Wildman–Crippen LogP) is -1.79. The summed E-state index contributed by atoms with van der Waals surface area (Å²) in [6.45, 7) is 3.87. The van der Waals surface area contributed by atoms with Crippen LogP contribution in [0.2, 0.25) is 0 Å². The van der Waals surface area contributed by atoms with E-state index in [4.69, 9.17) is 10.5 Å². The van der Waals surface area contributed by atoms with Crippen LogP contribution in [0.25, 0.3) is 0 Å². The molecule has 6 heteroatoms. The molecule has 74 valence electrons. The van der Waals surface area contributed by atoms with E-state index in [-0.39, 0.29) is 23.0 Å². The zero-order chi connectivity index (χ0) is 9.14. The number of thiazole rings is 1. The Morgan fingerprint density at radius 3 is 2.69 bits per heavy atom. The molecule has 0 saturated heterocycles. The molecule has 0 spiro atoms. The number of nitrogen functional groups attached to an aromatic ring is 1. The van der Waals surface area contributed by atoms with Gasteiger partial charge in [0.1, 0.15) is 4.88 Å². The van der Waals surface area contributed by atoms with Gasteiger partial charge < -0.3 is 27.5 Å². The van der Waals surface area contributed by atoms with Crippen molar-refractivity contribution in [2.75, 3.05) is 12.3 Å². The molecule has 0 aromatic carbocycles. The lowest BCUT2D eigenvalue weighted by atomic mass is 10.4. The number of anilines is 1. The summed E-state index contributed by atoms with van der Waals surface area (Å²) in [4.78, 5) is 15.6. The number of rotatable bonds is 2. The second-order valence-corrected chi connectivity index (χ2v) is 3.22. The van der Waals surface area contributed by atoms with Gasteiger partial charge in [-0.2, -0.15) is 0 Å².